The largest absolute Gasteiger partial charge is 0.480 e. The van der Waals surface area contributed by atoms with Crippen molar-refractivity contribution >= 4 is 17.7 Å². The van der Waals surface area contributed by atoms with Crippen molar-refractivity contribution in [2.24, 2.45) is 0 Å². The monoisotopic (exact) mass is 294 g/mol. The van der Waals surface area contributed by atoms with Gasteiger partial charge in [-0.15, -0.1) is 0 Å². The fourth-order valence-corrected chi connectivity index (χ4v) is 3.86. The van der Waals surface area contributed by atoms with Gasteiger partial charge in [0.15, 0.2) is 0 Å². The van der Waals surface area contributed by atoms with E-state index < -0.39 is 0 Å². The molecule has 1 heterocycles. The third kappa shape index (κ3) is 3.26. The van der Waals surface area contributed by atoms with Crippen LogP contribution in [0.1, 0.15) is 36.5 Å². The number of nitrogens with zero attached hydrogens (tertiary/aromatic N) is 2. The highest BCUT2D eigenvalue weighted by atomic mass is 32.2. The number of amides is 1. The molecule has 1 saturated carbocycles. The van der Waals surface area contributed by atoms with Crippen molar-refractivity contribution in [3.63, 3.8) is 0 Å². The number of hydrogen-bond acceptors (Lipinski definition) is 4. The fourth-order valence-electron chi connectivity index (χ4n) is 2.73. The summed E-state index contributed by atoms with van der Waals surface area (Å²) in [5.74, 6) is 1.55. The van der Waals surface area contributed by atoms with E-state index in [1.54, 1.807) is 25.4 Å². The summed E-state index contributed by atoms with van der Waals surface area (Å²) in [5, 5.41) is 0.691. The van der Waals surface area contributed by atoms with E-state index in [4.69, 9.17) is 4.74 Å². The molecule has 4 nitrogen and oxygen atoms in total. The molecule has 1 fully saturated rings. The van der Waals surface area contributed by atoms with Crippen LogP contribution in [0.15, 0.2) is 18.3 Å². The van der Waals surface area contributed by atoms with Crippen molar-refractivity contribution in [1.82, 2.24) is 9.88 Å². The van der Waals surface area contributed by atoms with E-state index in [9.17, 15) is 4.79 Å². The normalized spacial score (nSPS) is 21.8. The molecule has 110 valence electrons. The third-order valence-electron chi connectivity index (χ3n) is 3.82. The van der Waals surface area contributed by atoms with Crippen LogP contribution in [0.2, 0.25) is 0 Å². The molecule has 0 aliphatic heterocycles. The molecule has 1 aliphatic rings. The summed E-state index contributed by atoms with van der Waals surface area (Å²) in [6, 6.07) is 3.88. The van der Waals surface area contributed by atoms with Crippen molar-refractivity contribution in [1.29, 1.82) is 0 Å². The molecule has 2 rings (SSSR count). The van der Waals surface area contributed by atoms with E-state index in [2.05, 4.69) is 11.9 Å². The molecular weight excluding hydrogens is 272 g/mol. The third-order valence-corrected chi connectivity index (χ3v) is 5.06. The van der Waals surface area contributed by atoms with Gasteiger partial charge < -0.3 is 9.64 Å². The molecule has 1 aromatic heterocycles. The van der Waals surface area contributed by atoms with Crippen molar-refractivity contribution in [2.45, 2.75) is 37.5 Å². The minimum absolute atomic E-state index is 0.00194. The van der Waals surface area contributed by atoms with Gasteiger partial charge in [-0.3, -0.25) is 4.79 Å². The second-order valence-corrected chi connectivity index (χ2v) is 6.60. The number of carbonyl (C=O) groups is 1. The Labute approximate surface area is 124 Å². The van der Waals surface area contributed by atoms with E-state index in [-0.39, 0.29) is 5.91 Å². The van der Waals surface area contributed by atoms with Gasteiger partial charge in [0.1, 0.15) is 5.56 Å². The van der Waals surface area contributed by atoms with E-state index in [1.165, 1.54) is 6.42 Å². The van der Waals surface area contributed by atoms with Crippen LogP contribution in [0, 0.1) is 0 Å². The minimum Gasteiger partial charge on any atom is -0.480 e. The van der Waals surface area contributed by atoms with Gasteiger partial charge in [-0.2, -0.15) is 11.8 Å². The first-order valence-corrected chi connectivity index (χ1v) is 8.10. The van der Waals surface area contributed by atoms with E-state index >= 15 is 0 Å². The Bertz CT molecular complexity index is 467. The van der Waals surface area contributed by atoms with Crippen LogP contribution in [0.5, 0.6) is 5.88 Å². The van der Waals surface area contributed by atoms with E-state index in [1.807, 2.05) is 23.7 Å². The highest BCUT2D eigenvalue weighted by Gasteiger charge is 2.31. The molecule has 20 heavy (non-hydrogen) atoms. The SMILES string of the molecule is CCS[C@H]1CC[C@H](N(C)C(=O)c2cccnc2OC)C1. The summed E-state index contributed by atoms with van der Waals surface area (Å²) >= 11 is 2.00. The first-order valence-electron chi connectivity index (χ1n) is 7.05. The average molecular weight is 294 g/mol. The molecular formula is C15H22N2O2S. The highest BCUT2D eigenvalue weighted by Crippen LogP contribution is 2.33. The molecule has 1 aliphatic carbocycles. The van der Waals surface area contributed by atoms with E-state index in [0.717, 1.165) is 18.6 Å². The van der Waals surface area contributed by atoms with Crippen molar-refractivity contribution in [2.75, 3.05) is 19.9 Å². The topological polar surface area (TPSA) is 42.4 Å². The summed E-state index contributed by atoms with van der Waals surface area (Å²) < 4.78 is 5.18. The van der Waals surface area contributed by atoms with Gasteiger partial charge in [0, 0.05) is 24.5 Å². The highest BCUT2D eigenvalue weighted by molar-refractivity contribution is 7.99. The number of methoxy groups -OCH3 is 1. The Balaban J connectivity index is 2.06. The smallest absolute Gasteiger partial charge is 0.259 e. The van der Waals surface area contributed by atoms with Crippen LogP contribution in [-0.2, 0) is 0 Å². The van der Waals surface area contributed by atoms with Gasteiger partial charge >= 0.3 is 0 Å². The maximum atomic E-state index is 12.6. The maximum Gasteiger partial charge on any atom is 0.259 e. The molecule has 5 heteroatoms. The Morgan fingerprint density at radius 1 is 1.55 bits per heavy atom. The van der Waals surface area contributed by atoms with Crippen molar-refractivity contribution in [3.8, 4) is 5.88 Å². The molecule has 2 atom stereocenters. The quantitative estimate of drug-likeness (QED) is 0.837. The van der Waals surface area contributed by atoms with Gasteiger partial charge in [-0.25, -0.2) is 4.98 Å². The average Bonchev–Trinajstić information content (AvgIpc) is 2.94. The first kappa shape index (κ1) is 15.2. The molecule has 1 aromatic rings. The Hall–Kier alpha value is -1.23. The predicted octanol–water partition coefficient (Wildman–Crippen LogP) is 2.84. The number of hydrogen-bond donors (Lipinski definition) is 0. The van der Waals surface area contributed by atoms with Gasteiger partial charge in [-0.1, -0.05) is 6.92 Å². The van der Waals surface area contributed by atoms with Gasteiger partial charge in [0.05, 0.1) is 7.11 Å². The van der Waals surface area contributed by atoms with Crippen LogP contribution in [0.4, 0.5) is 0 Å². The molecule has 0 N–H and O–H groups in total. The van der Waals surface area contributed by atoms with Crippen molar-refractivity contribution in [3.05, 3.63) is 23.9 Å². The van der Waals surface area contributed by atoms with Crippen LogP contribution >= 0.6 is 11.8 Å². The molecule has 0 bridgehead atoms. The lowest BCUT2D eigenvalue weighted by atomic mass is 10.1. The molecule has 1 amide bonds. The first-order chi connectivity index (χ1) is 9.67. The van der Waals surface area contributed by atoms with Crippen LogP contribution in [-0.4, -0.2) is 47.0 Å². The second kappa shape index (κ2) is 6.97. The fraction of sp³-hybridized carbons (Fsp3) is 0.600. The summed E-state index contributed by atoms with van der Waals surface area (Å²) in [7, 11) is 3.43. The lowest BCUT2D eigenvalue weighted by Crippen LogP contribution is -2.35. The number of rotatable bonds is 5. The number of carbonyl (C=O) groups excluding carboxylic acids is 1. The lowest BCUT2D eigenvalue weighted by Gasteiger charge is -2.25. The van der Waals surface area contributed by atoms with Crippen molar-refractivity contribution < 1.29 is 9.53 Å². The molecule has 0 saturated heterocycles. The molecule has 0 radical (unpaired) electrons. The van der Waals surface area contributed by atoms with Gasteiger partial charge in [0.25, 0.3) is 5.91 Å². The van der Waals surface area contributed by atoms with Gasteiger partial charge in [-0.05, 0) is 37.1 Å². The number of aromatic nitrogens is 1. The van der Waals surface area contributed by atoms with Crippen LogP contribution < -0.4 is 4.74 Å². The van der Waals surface area contributed by atoms with E-state index in [0.29, 0.717) is 22.7 Å². The number of thioether (sulfide) groups is 1. The Kier molecular flexibility index (Phi) is 5.29. The predicted molar refractivity (Wildman–Crippen MR) is 82.4 cm³/mol. The summed E-state index contributed by atoms with van der Waals surface area (Å²) in [6.07, 6.45) is 5.01. The Morgan fingerprint density at radius 2 is 2.35 bits per heavy atom. The minimum atomic E-state index is 0.00194. The zero-order chi connectivity index (χ0) is 14.5. The van der Waals surface area contributed by atoms with Crippen LogP contribution in [0.3, 0.4) is 0 Å². The lowest BCUT2D eigenvalue weighted by molar-refractivity contribution is 0.0731. The zero-order valence-electron chi connectivity index (χ0n) is 12.3. The second-order valence-electron chi connectivity index (χ2n) is 5.02. The summed E-state index contributed by atoms with van der Waals surface area (Å²) in [5.41, 5.74) is 0.545. The molecule has 0 spiro atoms. The zero-order valence-corrected chi connectivity index (χ0v) is 13.2. The maximum absolute atomic E-state index is 12.6. The summed E-state index contributed by atoms with van der Waals surface area (Å²) in [6.45, 7) is 2.19. The number of pyridine rings is 1. The number of ether oxygens (including phenoxy) is 1. The molecule has 0 unspecified atom stereocenters. The Morgan fingerprint density at radius 3 is 3.05 bits per heavy atom. The standard InChI is InChI=1S/C15H22N2O2S/c1-4-20-12-8-7-11(10-12)17(2)15(18)13-6-5-9-16-14(13)19-3/h5-6,9,11-12H,4,7-8,10H2,1-3H3/t11-,12-/m0/s1. The van der Waals surface area contributed by atoms with Gasteiger partial charge in [0.2, 0.25) is 5.88 Å². The molecule has 0 aromatic carbocycles. The van der Waals surface area contributed by atoms with Crippen LogP contribution in [0.25, 0.3) is 0 Å². The summed E-state index contributed by atoms with van der Waals surface area (Å²) in [4.78, 5) is 18.5.